The fourth-order valence-electron chi connectivity index (χ4n) is 6.45. The van der Waals surface area contributed by atoms with Crippen LogP contribution in [0.5, 0.6) is 0 Å². The molecule has 0 saturated heterocycles. The summed E-state index contributed by atoms with van der Waals surface area (Å²) < 4.78 is 16.7. The van der Waals surface area contributed by atoms with E-state index in [0.717, 1.165) is 11.0 Å². The minimum Gasteiger partial charge on any atom is -0.439 e. The van der Waals surface area contributed by atoms with Gasteiger partial charge in [-0.15, -0.1) is 0 Å². The average molecular weight is 768 g/mol. The molecule has 16 heteroatoms. The first kappa shape index (κ1) is 44.2. The lowest BCUT2D eigenvalue weighted by atomic mass is 9.85. The minimum atomic E-state index is -1.03. The van der Waals surface area contributed by atoms with Crippen LogP contribution in [0.3, 0.4) is 0 Å². The van der Waals surface area contributed by atoms with Gasteiger partial charge in [0.15, 0.2) is 6.10 Å². The number of nitrogens with zero attached hydrogens (tertiary/aromatic N) is 1. The number of allylic oxidation sites excluding steroid dienone is 4. The van der Waals surface area contributed by atoms with E-state index in [4.69, 9.17) is 19.9 Å². The number of hydrogen-bond acceptors (Lipinski definition) is 12. The van der Waals surface area contributed by atoms with Crippen molar-refractivity contribution in [1.29, 1.82) is 0 Å². The van der Waals surface area contributed by atoms with Gasteiger partial charge in [0.2, 0.25) is 17.5 Å². The first-order chi connectivity index (χ1) is 26.1. The lowest BCUT2D eigenvalue weighted by molar-refractivity contribution is -0.137. The van der Waals surface area contributed by atoms with Gasteiger partial charge in [-0.25, -0.2) is 4.79 Å². The predicted molar refractivity (Wildman–Crippen MR) is 200 cm³/mol. The lowest BCUT2D eigenvalue weighted by Gasteiger charge is -2.30. The zero-order valence-corrected chi connectivity index (χ0v) is 32.2. The van der Waals surface area contributed by atoms with Crippen molar-refractivity contribution < 1.29 is 52.9 Å². The molecule has 16 nitrogen and oxygen atoms in total. The Balaban J connectivity index is 1.81. The molecule has 0 radical (unpaired) electrons. The Morgan fingerprint density at radius 2 is 1.71 bits per heavy atom. The maximum Gasteiger partial charge on any atom is 0.405 e. The molecule has 0 aromatic heterocycles. The third kappa shape index (κ3) is 12.7. The molecule has 0 aromatic carbocycles. The number of aliphatic hydroxyl groups excluding tert-OH is 1. The van der Waals surface area contributed by atoms with Crippen molar-refractivity contribution in [2.24, 2.45) is 17.6 Å². The standard InChI is InChI=1S/C39H53N5O11/c1-22-18-26-34(42-16-9-15-41-31(46)12-8-17-44-32(47)13-14-33(44)48)28(45)21-27(36(26)50)43-38(51)23(2)10-7-11-29(53-5)37(55-39(40)52)25(4)20-24(3)35(49)30(19-22)54-6/h7,10-11,13-14,20-22,24,29-30,35,37,42,49H,8-9,12,15-19H2,1-6H3,(H2,40,52)(H,41,46)(H,43,51)/b11-7+,23-10+,25-20+/t22-,24+,29+,30+,35-,37+/m1/s1. The fourth-order valence-corrected chi connectivity index (χ4v) is 6.45. The van der Waals surface area contributed by atoms with Crippen LogP contribution in [0.25, 0.3) is 0 Å². The molecule has 0 fully saturated rings. The van der Waals surface area contributed by atoms with Gasteiger partial charge in [0.05, 0.1) is 23.6 Å². The van der Waals surface area contributed by atoms with Gasteiger partial charge in [0.1, 0.15) is 6.10 Å². The molecule has 0 spiro atoms. The SMILES string of the molecule is CO[C@H]1/C=C/C=C(\C)C(=O)NC2=CC(=O)C(NCCCNC(=O)CCCN3C(=O)C=CC3=O)=C(C[C@@H](C)C[C@H](OC)[C@H](O)[C@@H](C)/C=C(\C)[C@@H]1OC(N)=O)C2=O. The molecule has 6 N–H and O–H groups in total. The number of ketones is 2. The van der Waals surface area contributed by atoms with Crippen molar-refractivity contribution in [2.45, 2.75) is 84.2 Å². The number of Topliss-reactive ketones (excluding diaryl/α,β-unsaturated/α-hetero) is 1. The van der Waals surface area contributed by atoms with Crippen molar-refractivity contribution >= 4 is 41.3 Å². The molecule has 2 bridgehead atoms. The Hall–Kier alpha value is -5.19. The maximum atomic E-state index is 13.9. The van der Waals surface area contributed by atoms with Gasteiger partial charge in [-0.1, -0.05) is 38.2 Å². The summed E-state index contributed by atoms with van der Waals surface area (Å²) >= 11 is 0. The highest BCUT2D eigenvalue weighted by molar-refractivity contribution is 6.23. The summed E-state index contributed by atoms with van der Waals surface area (Å²) in [7, 11) is 2.88. The quantitative estimate of drug-likeness (QED) is 0.0825. The van der Waals surface area contributed by atoms with Crippen LogP contribution in [0.4, 0.5) is 4.79 Å². The number of carbonyl (C=O) groups excluding carboxylic acids is 7. The largest absolute Gasteiger partial charge is 0.439 e. The molecule has 2 heterocycles. The van der Waals surface area contributed by atoms with Crippen molar-refractivity contribution in [3.8, 4) is 0 Å². The zero-order chi connectivity index (χ0) is 40.8. The van der Waals surface area contributed by atoms with Gasteiger partial charge in [-0.3, -0.25) is 33.7 Å². The molecular formula is C39H53N5O11. The van der Waals surface area contributed by atoms with E-state index in [1.165, 1.54) is 45.4 Å². The van der Waals surface area contributed by atoms with Gasteiger partial charge in [-0.2, -0.15) is 0 Å². The zero-order valence-electron chi connectivity index (χ0n) is 32.2. The van der Waals surface area contributed by atoms with Gasteiger partial charge >= 0.3 is 6.09 Å². The molecule has 1 aliphatic carbocycles. The Kier molecular flexibility index (Phi) is 16.9. The van der Waals surface area contributed by atoms with E-state index in [9.17, 15) is 38.7 Å². The second-order valence-corrected chi connectivity index (χ2v) is 13.8. The van der Waals surface area contributed by atoms with Crippen molar-refractivity contribution in [3.63, 3.8) is 0 Å². The Labute approximate surface area is 320 Å². The number of amides is 5. The third-order valence-corrected chi connectivity index (χ3v) is 9.46. The first-order valence-corrected chi connectivity index (χ1v) is 18.2. The van der Waals surface area contributed by atoms with Crippen molar-refractivity contribution in [1.82, 2.24) is 20.9 Å². The maximum absolute atomic E-state index is 13.9. The van der Waals surface area contributed by atoms with Crippen LogP contribution in [0.1, 0.15) is 59.8 Å². The highest BCUT2D eigenvalue weighted by Gasteiger charge is 2.33. The smallest absolute Gasteiger partial charge is 0.405 e. The molecule has 55 heavy (non-hydrogen) atoms. The number of nitrogens with two attached hydrogens (primary N) is 1. The van der Waals surface area contributed by atoms with Gasteiger partial charge in [-0.05, 0) is 51.0 Å². The van der Waals surface area contributed by atoms with E-state index >= 15 is 0 Å². The number of aliphatic hydroxyl groups is 1. The molecule has 3 rings (SSSR count). The van der Waals surface area contributed by atoms with E-state index < -0.39 is 65.7 Å². The number of carbonyl (C=O) groups is 7. The first-order valence-electron chi connectivity index (χ1n) is 18.2. The summed E-state index contributed by atoms with van der Waals surface area (Å²) in [5.41, 5.74) is 6.15. The summed E-state index contributed by atoms with van der Waals surface area (Å²) in [6.45, 7) is 7.49. The molecule has 0 aromatic rings. The topological polar surface area (TPSA) is 233 Å². The molecule has 2 aliphatic heterocycles. The van der Waals surface area contributed by atoms with Crippen LogP contribution in [-0.2, 0) is 43.0 Å². The van der Waals surface area contributed by atoms with Crippen LogP contribution < -0.4 is 21.7 Å². The summed E-state index contributed by atoms with van der Waals surface area (Å²) in [4.78, 5) is 89.2. The molecule has 5 amide bonds. The number of nitrogens with one attached hydrogen (secondary N) is 3. The molecule has 3 aliphatic rings. The number of fused-ring (bicyclic) bond motifs is 2. The minimum absolute atomic E-state index is 0.0726. The Bertz CT molecular complexity index is 1670. The monoisotopic (exact) mass is 767 g/mol. The van der Waals surface area contributed by atoms with Crippen LogP contribution in [0, 0.1) is 11.8 Å². The van der Waals surface area contributed by atoms with Crippen molar-refractivity contribution in [3.05, 3.63) is 70.6 Å². The third-order valence-electron chi connectivity index (χ3n) is 9.46. The van der Waals surface area contributed by atoms with E-state index in [2.05, 4.69) is 16.0 Å². The van der Waals surface area contributed by atoms with Crippen molar-refractivity contribution in [2.75, 3.05) is 33.9 Å². The van der Waals surface area contributed by atoms with Gasteiger partial charge in [0, 0.05) is 75.6 Å². The number of methoxy groups -OCH3 is 2. The second kappa shape index (κ2) is 21.0. The summed E-state index contributed by atoms with van der Waals surface area (Å²) in [5, 5.41) is 19.8. The van der Waals surface area contributed by atoms with Gasteiger partial charge in [0.25, 0.3) is 17.7 Å². The molecule has 6 atom stereocenters. The fraction of sp³-hybridized carbons (Fsp3) is 0.513. The van der Waals surface area contributed by atoms with E-state index in [-0.39, 0.29) is 73.3 Å². The second-order valence-electron chi connectivity index (χ2n) is 13.8. The predicted octanol–water partition coefficient (Wildman–Crippen LogP) is 1.56. The van der Waals surface area contributed by atoms with E-state index in [0.29, 0.717) is 18.4 Å². The number of hydrogen-bond donors (Lipinski definition) is 5. The highest BCUT2D eigenvalue weighted by Crippen LogP contribution is 2.29. The summed E-state index contributed by atoms with van der Waals surface area (Å²) in [6.07, 6.45) is 6.42. The number of ether oxygens (including phenoxy) is 3. The summed E-state index contributed by atoms with van der Waals surface area (Å²) in [5.74, 6) is -3.56. The number of primary amides is 1. The number of imide groups is 1. The van der Waals surface area contributed by atoms with Crippen LogP contribution in [-0.4, -0.2) is 110 Å². The van der Waals surface area contributed by atoms with E-state index in [1.54, 1.807) is 26.0 Å². The lowest BCUT2D eigenvalue weighted by Crippen LogP contribution is -2.38. The summed E-state index contributed by atoms with van der Waals surface area (Å²) in [6, 6.07) is 0. The Morgan fingerprint density at radius 3 is 2.35 bits per heavy atom. The van der Waals surface area contributed by atoms with Gasteiger partial charge < -0.3 is 41.0 Å². The Morgan fingerprint density at radius 1 is 1.02 bits per heavy atom. The molecule has 0 saturated carbocycles. The van der Waals surface area contributed by atoms with E-state index in [1.807, 2.05) is 6.92 Å². The normalized spacial score (nSPS) is 28.2. The highest BCUT2D eigenvalue weighted by atomic mass is 16.6. The molecule has 300 valence electrons. The van der Waals surface area contributed by atoms with Crippen LogP contribution in [0.2, 0.25) is 0 Å². The van der Waals surface area contributed by atoms with Crippen LogP contribution in [0.15, 0.2) is 70.6 Å². The number of rotatable bonds is 12. The molecule has 0 unspecified atom stereocenters. The molecular weight excluding hydrogens is 714 g/mol. The van der Waals surface area contributed by atoms with Crippen LogP contribution >= 0.6 is 0 Å². The average Bonchev–Trinajstić information content (AvgIpc) is 3.45.